The van der Waals surface area contributed by atoms with Crippen LogP contribution in [0.5, 0.6) is 5.75 Å². The Balaban J connectivity index is 1.52. The molecule has 180 valence electrons. The SMILES string of the molecule is Cc1c(-c2nnc(-c3ccc(OC(C)C)c(N)c3)s2)ccc2c1CCN(C(=O)CNCCO)C2. The number of hydrogen-bond acceptors (Lipinski definition) is 8. The second-order valence-electron chi connectivity index (χ2n) is 8.67. The highest BCUT2D eigenvalue weighted by Gasteiger charge is 2.23. The van der Waals surface area contributed by atoms with Crippen molar-refractivity contribution in [1.82, 2.24) is 20.4 Å². The fraction of sp³-hybridized carbons (Fsp3) is 0.400. The third-order valence-electron chi connectivity index (χ3n) is 5.88. The van der Waals surface area contributed by atoms with Gasteiger partial charge in [-0.1, -0.05) is 23.5 Å². The van der Waals surface area contributed by atoms with E-state index < -0.39 is 0 Å². The predicted octanol–water partition coefficient (Wildman–Crippen LogP) is 3.02. The minimum absolute atomic E-state index is 0.0245. The number of nitrogens with zero attached hydrogens (tertiary/aromatic N) is 3. The maximum absolute atomic E-state index is 12.4. The maximum Gasteiger partial charge on any atom is 0.236 e. The van der Waals surface area contributed by atoms with Crippen molar-refractivity contribution in [2.75, 3.05) is 32.0 Å². The van der Waals surface area contributed by atoms with Crippen LogP contribution < -0.4 is 15.8 Å². The molecular formula is C25H31N5O3S. The quantitative estimate of drug-likeness (QED) is 0.335. The van der Waals surface area contributed by atoms with Gasteiger partial charge in [0.25, 0.3) is 0 Å². The van der Waals surface area contributed by atoms with E-state index in [4.69, 9.17) is 15.6 Å². The summed E-state index contributed by atoms with van der Waals surface area (Å²) in [5, 5.41) is 22.4. The molecule has 3 aromatic rings. The predicted molar refractivity (Wildman–Crippen MR) is 135 cm³/mol. The smallest absolute Gasteiger partial charge is 0.236 e. The number of rotatable bonds is 8. The van der Waals surface area contributed by atoms with Gasteiger partial charge in [0.05, 0.1) is 24.9 Å². The van der Waals surface area contributed by atoms with Gasteiger partial charge in [0, 0.05) is 30.8 Å². The van der Waals surface area contributed by atoms with Gasteiger partial charge in [-0.25, -0.2) is 0 Å². The molecule has 2 heterocycles. The monoisotopic (exact) mass is 481 g/mol. The number of nitrogen functional groups attached to an aromatic ring is 1. The first kappa shape index (κ1) is 24.1. The number of nitrogens with one attached hydrogen (secondary N) is 1. The number of carbonyl (C=O) groups is 1. The number of amides is 1. The van der Waals surface area contributed by atoms with Crippen molar-refractivity contribution in [3.05, 3.63) is 47.0 Å². The zero-order chi connectivity index (χ0) is 24.2. The average molecular weight is 482 g/mol. The zero-order valence-electron chi connectivity index (χ0n) is 19.8. The standard InChI is InChI=1S/C25H31N5O3S/c1-15(2)33-22-7-5-17(12-21(22)26)24-28-29-25(34-24)20-6-4-18-14-30(10-8-19(18)16(20)3)23(32)13-27-9-11-31/h4-7,12,15,27,31H,8-11,13-14,26H2,1-3H3. The Bertz CT molecular complexity index is 1180. The van der Waals surface area contributed by atoms with Crippen LogP contribution >= 0.6 is 11.3 Å². The first-order valence-corrected chi connectivity index (χ1v) is 12.3. The first-order valence-electron chi connectivity index (χ1n) is 11.5. The number of aliphatic hydroxyl groups is 1. The van der Waals surface area contributed by atoms with Gasteiger partial charge in [-0.3, -0.25) is 4.79 Å². The van der Waals surface area contributed by atoms with Gasteiger partial charge in [0.1, 0.15) is 15.8 Å². The van der Waals surface area contributed by atoms with Crippen LogP contribution in [0.2, 0.25) is 0 Å². The number of anilines is 1. The highest BCUT2D eigenvalue weighted by atomic mass is 32.1. The van der Waals surface area contributed by atoms with E-state index in [1.807, 2.05) is 36.9 Å². The molecule has 0 unspecified atom stereocenters. The van der Waals surface area contributed by atoms with E-state index in [0.29, 0.717) is 31.1 Å². The molecule has 4 rings (SSSR count). The Morgan fingerprint density at radius 2 is 2.06 bits per heavy atom. The van der Waals surface area contributed by atoms with Gasteiger partial charge in [-0.2, -0.15) is 0 Å². The fourth-order valence-corrected chi connectivity index (χ4v) is 5.09. The van der Waals surface area contributed by atoms with Crippen molar-refractivity contribution in [2.45, 2.75) is 39.8 Å². The van der Waals surface area contributed by atoms with E-state index in [0.717, 1.165) is 27.6 Å². The molecule has 0 radical (unpaired) electrons. The van der Waals surface area contributed by atoms with Crippen LogP contribution in [-0.2, 0) is 17.8 Å². The van der Waals surface area contributed by atoms with Gasteiger partial charge in [0.2, 0.25) is 5.91 Å². The topological polar surface area (TPSA) is 114 Å². The molecule has 0 atom stereocenters. The number of ether oxygens (including phenoxy) is 1. The van der Waals surface area contributed by atoms with Crippen LogP contribution in [0.15, 0.2) is 30.3 Å². The molecule has 8 nitrogen and oxygen atoms in total. The van der Waals surface area contributed by atoms with E-state index >= 15 is 0 Å². The molecule has 9 heteroatoms. The summed E-state index contributed by atoms with van der Waals surface area (Å²) < 4.78 is 5.73. The van der Waals surface area contributed by atoms with E-state index in [1.165, 1.54) is 28.0 Å². The molecule has 34 heavy (non-hydrogen) atoms. The molecule has 0 spiro atoms. The minimum atomic E-state index is 0.0245. The minimum Gasteiger partial charge on any atom is -0.489 e. The summed E-state index contributed by atoms with van der Waals surface area (Å²) in [6.45, 7) is 8.03. The van der Waals surface area contributed by atoms with Crippen molar-refractivity contribution in [1.29, 1.82) is 0 Å². The summed E-state index contributed by atoms with van der Waals surface area (Å²) in [5.74, 6) is 0.726. The fourth-order valence-electron chi connectivity index (χ4n) is 4.16. The molecule has 0 saturated heterocycles. The van der Waals surface area contributed by atoms with E-state index in [-0.39, 0.29) is 25.2 Å². The number of carbonyl (C=O) groups excluding carboxylic acids is 1. The summed E-state index contributed by atoms with van der Waals surface area (Å²) in [7, 11) is 0. The van der Waals surface area contributed by atoms with E-state index in [2.05, 4.69) is 34.6 Å². The van der Waals surface area contributed by atoms with E-state index in [1.54, 1.807) is 0 Å². The Hall–Kier alpha value is -3.01. The van der Waals surface area contributed by atoms with Gasteiger partial charge in [-0.15, -0.1) is 10.2 Å². The molecule has 0 aliphatic carbocycles. The maximum atomic E-state index is 12.4. The van der Waals surface area contributed by atoms with Crippen LogP contribution in [0.4, 0.5) is 5.69 Å². The summed E-state index contributed by atoms with van der Waals surface area (Å²) in [6, 6.07) is 9.88. The highest BCUT2D eigenvalue weighted by molar-refractivity contribution is 7.17. The molecule has 2 aromatic carbocycles. The van der Waals surface area contributed by atoms with Crippen molar-refractivity contribution in [3.63, 3.8) is 0 Å². The Labute approximate surface area is 203 Å². The summed E-state index contributed by atoms with van der Waals surface area (Å²) in [5.41, 5.74) is 12.4. The largest absolute Gasteiger partial charge is 0.489 e. The second-order valence-corrected chi connectivity index (χ2v) is 9.65. The zero-order valence-corrected chi connectivity index (χ0v) is 20.6. The molecule has 4 N–H and O–H groups in total. The molecule has 0 saturated carbocycles. The van der Waals surface area contributed by atoms with Crippen LogP contribution in [0.25, 0.3) is 21.1 Å². The first-order chi connectivity index (χ1) is 16.4. The third kappa shape index (κ3) is 5.22. The molecule has 1 aliphatic heterocycles. The highest BCUT2D eigenvalue weighted by Crippen LogP contribution is 2.36. The van der Waals surface area contributed by atoms with Gasteiger partial charge >= 0.3 is 0 Å². The van der Waals surface area contributed by atoms with Gasteiger partial charge in [0.15, 0.2) is 0 Å². The molecule has 0 fully saturated rings. The van der Waals surface area contributed by atoms with Crippen molar-refractivity contribution < 1.29 is 14.6 Å². The lowest BCUT2D eigenvalue weighted by Gasteiger charge is -2.30. The summed E-state index contributed by atoms with van der Waals surface area (Å²) in [6.07, 6.45) is 0.863. The lowest BCUT2D eigenvalue weighted by atomic mass is 9.92. The lowest BCUT2D eigenvalue weighted by molar-refractivity contribution is -0.131. The number of hydrogen-bond donors (Lipinski definition) is 3. The number of benzene rings is 2. The Morgan fingerprint density at radius 3 is 2.79 bits per heavy atom. The van der Waals surface area contributed by atoms with Crippen molar-refractivity contribution in [2.24, 2.45) is 0 Å². The summed E-state index contributed by atoms with van der Waals surface area (Å²) >= 11 is 1.54. The number of aromatic nitrogens is 2. The van der Waals surface area contributed by atoms with Crippen LogP contribution in [0.1, 0.15) is 30.5 Å². The third-order valence-corrected chi connectivity index (χ3v) is 6.89. The number of fused-ring (bicyclic) bond motifs is 1. The van der Waals surface area contributed by atoms with Crippen LogP contribution in [0, 0.1) is 6.92 Å². The van der Waals surface area contributed by atoms with Crippen molar-refractivity contribution >= 4 is 22.9 Å². The number of nitrogens with two attached hydrogens (primary N) is 1. The van der Waals surface area contributed by atoms with Crippen LogP contribution in [-0.4, -0.2) is 58.5 Å². The molecule has 1 aliphatic rings. The second kappa shape index (κ2) is 10.5. The number of aliphatic hydroxyl groups excluding tert-OH is 1. The van der Waals surface area contributed by atoms with Crippen molar-refractivity contribution in [3.8, 4) is 26.9 Å². The molecule has 1 amide bonds. The van der Waals surface area contributed by atoms with Gasteiger partial charge in [-0.05, 0) is 62.1 Å². The Morgan fingerprint density at radius 1 is 1.26 bits per heavy atom. The molecule has 1 aromatic heterocycles. The Kier molecular flexibility index (Phi) is 7.45. The van der Waals surface area contributed by atoms with E-state index in [9.17, 15) is 4.79 Å². The molecule has 0 bridgehead atoms. The summed E-state index contributed by atoms with van der Waals surface area (Å²) in [4.78, 5) is 14.3. The molecular weight excluding hydrogens is 450 g/mol. The van der Waals surface area contributed by atoms with Gasteiger partial charge < -0.3 is 25.8 Å². The lowest BCUT2D eigenvalue weighted by Crippen LogP contribution is -2.41. The normalized spacial score (nSPS) is 13.3. The average Bonchev–Trinajstić information content (AvgIpc) is 3.30. The van der Waals surface area contributed by atoms with Crippen LogP contribution in [0.3, 0.4) is 0 Å².